The van der Waals surface area contributed by atoms with Crippen LogP contribution >= 0.6 is 11.6 Å². The standard InChI is InChI=1S/C28H26ClNO7/c1-34-25-17-20(6-5-7-24(31)19-10-12-22(13-11-19)30(32)33)21(16-23(25)29)9-8-18-14-26(35-2)28(37-4)27(15-18)36-3/h5,7-17H,6H2,1-4H3/b7-5-,9-8-. The molecule has 0 unspecified atom stereocenters. The summed E-state index contributed by atoms with van der Waals surface area (Å²) in [6.07, 6.45) is 7.37. The first-order valence-corrected chi connectivity index (χ1v) is 11.5. The number of nitro groups is 1. The van der Waals surface area contributed by atoms with Crippen molar-refractivity contribution in [2.24, 2.45) is 0 Å². The number of carbonyl (C=O) groups excluding carboxylic acids is 1. The molecule has 3 rings (SSSR count). The van der Waals surface area contributed by atoms with Crippen LogP contribution in [-0.4, -0.2) is 39.1 Å². The molecule has 0 fully saturated rings. The summed E-state index contributed by atoms with van der Waals surface area (Å²) in [7, 11) is 6.18. The van der Waals surface area contributed by atoms with E-state index in [0.717, 1.165) is 16.7 Å². The van der Waals surface area contributed by atoms with Gasteiger partial charge in [0.05, 0.1) is 38.4 Å². The Kier molecular flexibility index (Phi) is 9.29. The van der Waals surface area contributed by atoms with Crippen molar-refractivity contribution in [1.82, 2.24) is 0 Å². The van der Waals surface area contributed by atoms with Crippen molar-refractivity contribution >= 4 is 35.2 Å². The first-order valence-electron chi connectivity index (χ1n) is 11.1. The number of nitrogens with zero attached hydrogens (tertiary/aromatic N) is 1. The van der Waals surface area contributed by atoms with Crippen LogP contribution in [0.25, 0.3) is 12.2 Å². The van der Waals surface area contributed by atoms with E-state index in [2.05, 4.69) is 0 Å². The van der Waals surface area contributed by atoms with Crippen LogP contribution in [0.5, 0.6) is 23.0 Å². The van der Waals surface area contributed by atoms with Gasteiger partial charge < -0.3 is 18.9 Å². The number of methoxy groups -OCH3 is 4. The Labute approximate surface area is 219 Å². The number of ketones is 1. The number of halogens is 1. The van der Waals surface area contributed by atoms with Gasteiger partial charge in [0, 0.05) is 17.7 Å². The van der Waals surface area contributed by atoms with Crippen LogP contribution in [0.1, 0.15) is 27.0 Å². The average molecular weight is 524 g/mol. The lowest BCUT2D eigenvalue weighted by molar-refractivity contribution is -0.384. The Balaban J connectivity index is 1.88. The Morgan fingerprint density at radius 1 is 0.892 bits per heavy atom. The van der Waals surface area contributed by atoms with Crippen LogP contribution in [0.4, 0.5) is 5.69 Å². The van der Waals surface area contributed by atoms with Gasteiger partial charge in [0.15, 0.2) is 17.3 Å². The lowest BCUT2D eigenvalue weighted by atomic mass is 10.0. The van der Waals surface area contributed by atoms with E-state index in [4.69, 9.17) is 30.5 Å². The van der Waals surface area contributed by atoms with Crippen molar-refractivity contribution < 1.29 is 28.7 Å². The van der Waals surface area contributed by atoms with E-state index in [1.807, 2.05) is 30.4 Å². The van der Waals surface area contributed by atoms with E-state index in [-0.39, 0.29) is 11.5 Å². The minimum atomic E-state index is -0.509. The maximum absolute atomic E-state index is 12.5. The molecule has 0 spiro atoms. The van der Waals surface area contributed by atoms with Crippen LogP contribution < -0.4 is 18.9 Å². The van der Waals surface area contributed by atoms with Crippen LogP contribution in [0.3, 0.4) is 0 Å². The molecular weight excluding hydrogens is 498 g/mol. The summed E-state index contributed by atoms with van der Waals surface area (Å²) >= 11 is 6.38. The fraction of sp³-hybridized carbons (Fsp3) is 0.179. The molecule has 3 aromatic rings. The monoisotopic (exact) mass is 523 g/mol. The average Bonchev–Trinajstić information content (AvgIpc) is 2.91. The molecule has 0 N–H and O–H groups in total. The van der Waals surface area contributed by atoms with Gasteiger partial charge in [-0.25, -0.2) is 0 Å². The molecule has 0 aliphatic rings. The van der Waals surface area contributed by atoms with Crippen LogP contribution in [-0.2, 0) is 6.42 Å². The van der Waals surface area contributed by atoms with Gasteiger partial charge in [-0.05, 0) is 65.6 Å². The minimum Gasteiger partial charge on any atom is -0.495 e. The van der Waals surface area contributed by atoms with Gasteiger partial charge in [-0.15, -0.1) is 0 Å². The van der Waals surface area contributed by atoms with Gasteiger partial charge in [-0.2, -0.15) is 0 Å². The maximum Gasteiger partial charge on any atom is 0.269 e. The number of hydrogen-bond donors (Lipinski definition) is 0. The molecule has 0 saturated heterocycles. The van der Waals surface area contributed by atoms with Gasteiger partial charge in [-0.3, -0.25) is 14.9 Å². The number of benzene rings is 3. The van der Waals surface area contributed by atoms with E-state index in [9.17, 15) is 14.9 Å². The third-order valence-corrected chi connectivity index (χ3v) is 5.82. The Hall–Kier alpha value is -4.30. The molecule has 0 aromatic heterocycles. The van der Waals surface area contributed by atoms with Crippen LogP contribution in [0.15, 0.2) is 60.7 Å². The number of non-ortho nitro benzene ring substituents is 1. The molecule has 0 bridgehead atoms. The Morgan fingerprint density at radius 3 is 2.05 bits per heavy atom. The minimum absolute atomic E-state index is 0.0719. The van der Waals surface area contributed by atoms with Crippen molar-refractivity contribution in [3.8, 4) is 23.0 Å². The van der Waals surface area contributed by atoms with Gasteiger partial charge in [-0.1, -0.05) is 29.8 Å². The third-order valence-electron chi connectivity index (χ3n) is 5.53. The quantitative estimate of drug-likeness (QED) is 0.0938. The topological polar surface area (TPSA) is 97.1 Å². The molecule has 0 heterocycles. The second kappa shape index (κ2) is 12.6. The van der Waals surface area contributed by atoms with Crippen molar-refractivity contribution in [2.75, 3.05) is 28.4 Å². The maximum atomic E-state index is 12.5. The molecule has 0 amide bonds. The second-order valence-corrected chi connectivity index (χ2v) is 8.16. The number of carbonyl (C=O) groups is 1. The van der Waals surface area contributed by atoms with E-state index >= 15 is 0 Å². The van der Waals surface area contributed by atoms with E-state index in [0.29, 0.717) is 40.0 Å². The lowest BCUT2D eigenvalue weighted by Gasteiger charge is -2.13. The lowest BCUT2D eigenvalue weighted by Crippen LogP contribution is -1.97. The molecule has 0 atom stereocenters. The first-order chi connectivity index (χ1) is 17.8. The summed E-state index contributed by atoms with van der Waals surface area (Å²) in [6, 6.07) is 12.7. The molecule has 192 valence electrons. The number of ether oxygens (including phenoxy) is 4. The summed E-state index contributed by atoms with van der Waals surface area (Å²) in [4.78, 5) is 22.8. The molecule has 0 radical (unpaired) electrons. The van der Waals surface area contributed by atoms with Crippen LogP contribution in [0.2, 0.25) is 5.02 Å². The summed E-state index contributed by atoms with van der Waals surface area (Å²) in [5, 5.41) is 11.3. The smallest absolute Gasteiger partial charge is 0.269 e. The van der Waals surface area contributed by atoms with Gasteiger partial charge in [0.25, 0.3) is 5.69 Å². The third kappa shape index (κ3) is 6.68. The summed E-state index contributed by atoms with van der Waals surface area (Å²) in [5.41, 5.74) is 2.80. The predicted molar refractivity (Wildman–Crippen MR) is 143 cm³/mol. The van der Waals surface area contributed by atoms with Crippen molar-refractivity contribution in [2.45, 2.75) is 6.42 Å². The van der Waals surface area contributed by atoms with Gasteiger partial charge in [0.1, 0.15) is 5.75 Å². The number of nitro benzene ring substituents is 1. The number of allylic oxidation sites excluding steroid dienone is 2. The largest absolute Gasteiger partial charge is 0.495 e. The molecule has 3 aromatic carbocycles. The van der Waals surface area contributed by atoms with E-state index < -0.39 is 4.92 Å². The summed E-state index contributed by atoms with van der Waals surface area (Å²) in [6.45, 7) is 0. The fourth-order valence-electron chi connectivity index (χ4n) is 3.62. The number of rotatable bonds is 11. The van der Waals surface area contributed by atoms with Crippen molar-refractivity contribution in [3.05, 3.63) is 98.1 Å². The molecule has 37 heavy (non-hydrogen) atoms. The Morgan fingerprint density at radius 2 is 1.51 bits per heavy atom. The predicted octanol–water partition coefficient (Wildman–Crippen LogP) is 6.43. The normalized spacial score (nSPS) is 11.1. The summed E-state index contributed by atoms with van der Waals surface area (Å²) < 4.78 is 21.6. The molecule has 0 aliphatic carbocycles. The highest BCUT2D eigenvalue weighted by Gasteiger charge is 2.13. The van der Waals surface area contributed by atoms with E-state index in [1.54, 1.807) is 33.5 Å². The highest BCUT2D eigenvalue weighted by atomic mass is 35.5. The Bertz CT molecular complexity index is 1320. The molecule has 0 saturated carbocycles. The fourth-order valence-corrected chi connectivity index (χ4v) is 3.87. The zero-order valence-corrected chi connectivity index (χ0v) is 21.6. The zero-order chi connectivity index (χ0) is 26.9. The molecular formula is C28H26ClNO7. The zero-order valence-electron chi connectivity index (χ0n) is 20.8. The molecule has 8 nitrogen and oxygen atoms in total. The SMILES string of the molecule is COc1cc(C/C=C\C(=O)c2ccc([N+](=O)[O-])cc2)c(/C=C\c2cc(OC)c(OC)c(OC)c2)cc1Cl. The molecule has 0 aliphatic heterocycles. The second-order valence-electron chi connectivity index (χ2n) is 7.75. The highest BCUT2D eigenvalue weighted by Crippen LogP contribution is 2.39. The van der Waals surface area contributed by atoms with Crippen LogP contribution in [0, 0.1) is 10.1 Å². The first kappa shape index (κ1) is 27.3. The highest BCUT2D eigenvalue weighted by molar-refractivity contribution is 6.32. The van der Waals surface area contributed by atoms with Crippen molar-refractivity contribution in [3.63, 3.8) is 0 Å². The van der Waals surface area contributed by atoms with Gasteiger partial charge >= 0.3 is 0 Å². The van der Waals surface area contributed by atoms with E-state index in [1.165, 1.54) is 37.5 Å². The number of hydrogen-bond acceptors (Lipinski definition) is 7. The molecule has 9 heteroatoms. The van der Waals surface area contributed by atoms with Crippen molar-refractivity contribution in [1.29, 1.82) is 0 Å². The summed E-state index contributed by atoms with van der Waals surface area (Å²) in [5.74, 6) is 1.81. The van der Waals surface area contributed by atoms with Gasteiger partial charge in [0.2, 0.25) is 5.75 Å².